The van der Waals surface area contributed by atoms with Gasteiger partial charge in [0.1, 0.15) is 0 Å². The summed E-state index contributed by atoms with van der Waals surface area (Å²) in [6.07, 6.45) is 0. The van der Waals surface area contributed by atoms with Crippen molar-refractivity contribution in [3.8, 4) is 6.07 Å². The molecule has 0 bridgehead atoms. The summed E-state index contributed by atoms with van der Waals surface area (Å²) in [5.41, 5.74) is -0.827. The Bertz CT molecular complexity index is 546. The van der Waals surface area contributed by atoms with Crippen LogP contribution in [0, 0.1) is 11.3 Å². The molecule has 0 aliphatic heterocycles. The average molecular weight is 291 g/mol. The summed E-state index contributed by atoms with van der Waals surface area (Å²) in [6, 6.07) is 7.65. The first-order chi connectivity index (χ1) is 9.89. The number of nitriles is 1. The molecule has 0 fully saturated rings. The van der Waals surface area contributed by atoms with Gasteiger partial charge < -0.3 is 20.5 Å². The third kappa shape index (κ3) is 5.12. The summed E-state index contributed by atoms with van der Waals surface area (Å²) in [5.74, 6) is -0.802. The molecule has 0 saturated heterocycles. The maximum Gasteiger partial charge on any atom is 0.339 e. The lowest BCUT2D eigenvalue weighted by Gasteiger charge is -2.21. The molecule has 0 aliphatic carbocycles. The van der Waals surface area contributed by atoms with Crippen molar-refractivity contribution >= 4 is 17.7 Å². The number of benzene rings is 1. The fourth-order valence-corrected chi connectivity index (χ4v) is 1.41. The van der Waals surface area contributed by atoms with Gasteiger partial charge in [0, 0.05) is 5.69 Å². The van der Waals surface area contributed by atoms with Gasteiger partial charge in [-0.1, -0.05) is 0 Å². The molecule has 0 radical (unpaired) electrons. The number of rotatable bonds is 5. The molecule has 0 unspecified atom stereocenters. The van der Waals surface area contributed by atoms with Crippen LogP contribution in [0.3, 0.4) is 0 Å². The highest BCUT2D eigenvalue weighted by Gasteiger charge is 2.32. The zero-order valence-corrected chi connectivity index (χ0v) is 11.8. The van der Waals surface area contributed by atoms with Crippen LogP contribution < -0.4 is 10.6 Å². The van der Waals surface area contributed by atoms with Gasteiger partial charge in [0.25, 0.3) is 0 Å². The number of nitrogens with one attached hydrogen (secondary N) is 2. The molecule has 7 nitrogen and oxygen atoms in total. The van der Waals surface area contributed by atoms with Crippen molar-refractivity contribution in [3.63, 3.8) is 0 Å². The molecular formula is C14H17N3O4. The predicted octanol–water partition coefficient (Wildman–Crippen LogP) is 0.994. The molecule has 1 atom stereocenters. The molecule has 112 valence electrons. The zero-order chi connectivity index (χ0) is 15.9. The van der Waals surface area contributed by atoms with Gasteiger partial charge in [0.05, 0.1) is 24.8 Å². The molecule has 7 heteroatoms. The second-order valence-corrected chi connectivity index (χ2v) is 4.49. The highest BCUT2D eigenvalue weighted by molar-refractivity contribution is 5.90. The number of amides is 2. The van der Waals surface area contributed by atoms with Crippen molar-refractivity contribution in [2.75, 3.05) is 18.5 Å². The van der Waals surface area contributed by atoms with Gasteiger partial charge >= 0.3 is 12.0 Å². The lowest BCUT2D eigenvalue weighted by molar-refractivity contribution is -0.162. The van der Waals surface area contributed by atoms with Gasteiger partial charge in [-0.15, -0.1) is 0 Å². The highest BCUT2D eigenvalue weighted by atomic mass is 16.5. The van der Waals surface area contributed by atoms with Crippen molar-refractivity contribution in [1.29, 1.82) is 5.26 Å². The van der Waals surface area contributed by atoms with E-state index >= 15 is 0 Å². The van der Waals surface area contributed by atoms with Gasteiger partial charge in [0.2, 0.25) is 0 Å². The van der Waals surface area contributed by atoms with Crippen molar-refractivity contribution in [2.24, 2.45) is 0 Å². The lowest BCUT2D eigenvalue weighted by atomic mass is 10.1. The van der Waals surface area contributed by atoms with Crippen LogP contribution >= 0.6 is 0 Å². The van der Waals surface area contributed by atoms with Crippen LogP contribution in [0.2, 0.25) is 0 Å². The zero-order valence-electron chi connectivity index (χ0n) is 11.8. The SMILES string of the molecule is CCOC(=O)[C@@](C)(O)CNC(=O)Nc1ccc(C#N)cc1. The number of hydrogen-bond acceptors (Lipinski definition) is 5. The summed E-state index contributed by atoms with van der Waals surface area (Å²) in [7, 11) is 0. The van der Waals surface area contributed by atoms with Gasteiger partial charge in [-0.05, 0) is 38.1 Å². The van der Waals surface area contributed by atoms with Crippen molar-refractivity contribution < 1.29 is 19.4 Å². The molecule has 1 rings (SSSR count). The van der Waals surface area contributed by atoms with Crippen molar-refractivity contribution in [1.82, 2.24) is 5.32 Å². The number of anilines is 1. The first kappa shape index (κ1) is 16.5. The molecule has 0 saturated carbocycles. The summed E-state index contributed by atoms with van der Waals surface area (Å²) in [6.45, 7) is 2.74. The normalized spacial score (nSPS) is 12.7. The Hall–Kier alpha value is -2.59. The summed E-state index contributed by atoms with van der Waals surface area (Å²) in [4.78, 5) is 23.1. The third-order valence-corrected chi connectivity index (χ3v) is 2.58. The summed E-state index contributed by atoms with van der Waals surface area (Å²) < 4.78 is 4.69. The van der Waals surface area contributed by atoms with Gasteiger partial charge in [-0.2, -0.15) is 5.26 Å². The summed E-state index contributed by atoms with van der Waals surface area (Å²) >= 11 is 0. The van der Waals surface area contributed by atoms with E-state index in [-0.39, 0.29) is 13.2 Å². The van der Waals surface area contributed by atoms with Crippen LogP contribution in [0.1, 0.15) is 19.4 Å². The van der Waals surface area contributed by atoms with Crippen molar-refractivity contribution in [2.45, 2.75) is 19.4 Å². The van der Waals surface area contributed by atoms with Crippen LogP contribution in [-0.2, 0) is 9.53 Å². The number of carbonyl (C=O) groups is 2. The minimum Gasteiger partial charge on any atom is -0.464 e. The van der Waals surface area contributed by atoms with Gasteiger partial charge in [-0.3, -0.25) is 0 Å². The van der Waals surface area contributed by atoms with Crippen LogP contribution in [0.4, 0.5) is 10.5 Å². The second kappa shape index (κ2) is 7.26. The molecular weight excluding hydrogens is 274 g/mol. The van der Waals surface area contributed by atoms with E-state index in [1.54, 1.807) is 31.2 Å². The quantitative estimate of drug-likeness (QED) is 0.701. The number of aliphatic hydroxyl groups is 1. The minimum atomic E-state index is -1.79. The van der Waals surface area contributed by atoms with E-state index in [1.807, 2.05) is 6.07 Å². The Balaban J connectivity index is 2.50. The number of hydrogen-bond donors (Lipinski definition) is 3. The third-order valence-electron chi connectivity index (χ3n) is 2.58. The molecule has 1 aromatic rings. The second-order valence-electron chi connectivity index (χ2n) is 4.49. The van der Waals surface area contributed by atoms with Gasteiger partial charge in [0.15, 0.2) is 5.60 Å². The van der Waals surface area contributed by atoms with Crippen LogP contribution in [0.5, 0.6) is 0 Å². The smallest absolute Gasteiger partial charge is 0.339 e. The van der Waals surface area contributed by atoms with E-state index in [9.17, 15) is 14.7 Å². The van der Waals surface area contributed by atoms with E-state index in [0.29, 0.717) is 11.3 Å². The van der Waals surface area contributed by atoms with E-state index in [2.05, 4.69) is 10.6 Å². The number of ether oxygens (including phenoxy) is 1. The highest BCUT2D eigenvalue weighted by Crippen LogP contribution is 2.09. The van der Waals surface area contributed by atoms with Crippen molar-refractivity contribution in [3.05, 3.63) is 29.8 Å². The summed E-state index contributed by atoms with van der Waals surface area (Å²) in [5, 5.41) is 23.4. The minimum absolute atomic E-state index is 0.145. The Kier molecular flexibility index (Phi) is 5.69. The largest absolute Gasteiger partial charge is 0.464 e. The average Bonchev–Trinajstić information content (AvgIpc) is 2.46. The van der Waals surface area contributed by atoms with Crippen LogP contribution in [0.15, 0.2) is 24.3 Å². The van der Waals surface area contributed by atoms with E-state index in [0.717, 1.165) is 0 Å². The molecule has 0 heterocycles. The van der Waals surface area contributed by atoms with E-state index in [1.165, 1.54) is 6.92 Å². The van der Waals surface area contributed by atoms with Crippen LogP contribution in [0.25, 0.3) is 0 Å². The molecule has 1 aromatic carbocycles. The number of carbonyl (C=O) groups excluding carboxylic acids is 2. The maximum absolute atomic E-state index is 11.6. The number of esters is 1. The van der Waals surface area contributed by atoms with Crippen LogP contribution in [-0.4, -0.2) is 35.9 Å². The fraction of sp³-hybridized carbons (Fsp3) is 0.357. The standard InChI is InChI=1S/C14H17N3O4/c1-3-21-12(18)14(2,20)9-16-13(19)17-11-6-4-10(8-15)5-7-11/h4-7,20H,3,9H2,1-2H3,(H2,16,17,19)/t14-/m0/s1. The lowest BCUT2D eigenvalue weighted by Crippen LogP contribution is -2.48. The maximum atomic E-state index is 11.6. The fourth-order valence-electron chi connectivity index (χ4n) is 1.41. The molecule has 2 amide bonds. The molecule has 0 aliphatic rings. The van der Waals surface area contributed by atoms with E-state index in [4.69, 9.17) is 10.00 Å². The predicted molar refractivity (Wildman–Crippen MR) is 75.4 cm³/mol. The molecule has 21 heavy (non-hydrogen) atoms. The topological polar surface area (TPSA) is 111 Å². The van der Waals surface area contributed by atoms with E-state index < -0.39 is 17.6 Å². The molecule has 0 aromatic heterocycles. The first-order valence-electron chi connectivity index (χ1n) is 6.33. The molecule has 0 spiro atoms. The first-order valence-corrected chi connectivity index (χ1v) is 6.33. The monoisotopic (exact) mass is 291 g/mol. The Morgan fingerprint density at radius 3 is 2.52 bits per heavy atom. The number of urea groups is 1. The van der Waals surface area contributed by atoms with Gasteiger partial charge in [-0.25, -0.2) is 9.59 Å². The number of nitrogens with zero attached hydrogens (tertiary/aromatic N) is 1. The Morgan fingerprint density at radius 1 is 1.38 bits per heavy atom. The Labute approximate surface area is 122 Å². The molecule has 3 N–H and O–H groups in total. The Morgan fingerprint density at radius 2 is 2.00 bits per heavy atom.